The van der Waals surface area contributed by atoms with Gasteiger partial charge in [-0.05, 0) is 45.0 Å². The molecule has 21 heavy (non-hydrogen) atoms. The zero-order chi connectivity index (χ0) is 14.4. The molecule has 3 N–H and O–H groups in total. The molecule has 1 aliphatic carbocycles. The van der Waals surface area contributed by atoms with E-state index >= 15 is 0 Å². The molecule has 5 nitrogen and oxygen atoms in total. The van der Waals surface area contributed by atoms with Crippen molar-refractivity contribution in [3.05, 3.63) is 30.1 Å². The standard InChI is InChI=1S/C15H25N5.HI/c1-20(2)14(12-6-7-12)11-19-15(16)18-10-8-13-5-3-4-9-17-13;/h3-5,9,12,14H,6-8,10-11H2,1-2H3,(H3,16,18,19);1H. The third-order valence-electron chi connectivity index (χ3n) is 3.69. The van der Waals surface area contributed by atoms with Crippen molar-refractivity contribution >= 4 is 29.9 Å². The van der Waals surface area contributed by atoms with E-state index in [4.69, 9.17) is 5.73 Å². The molecule has 0 aliphatic heterocycles. The molecule has 118 valence electrons. The molecule has 2 rings (SSSR count). The lowest BCUT2D eigenvalue weighted by Crippen LogP contribution is -2.37. The molecule has 1 heterocycles. The Hall–Kier alpha value is -0.890. The van der Waals surface area contributed by atoms with Crippen molar-refractivity contribution in [3.8, 4) is 0 Å². The fourth-order valence-corrected chi connectivity index (χ4v) is 2.33. The maximum atomic E-state index is 5.91. The first-order valence-corrected chi connectivity index (χ1v) is 7.27. The number of halogens is 1. The maximum Gasteiger partial charge on any atom is 0.188 e. The summed E-state index contributed by atoms with van der Waals surface area (Å²) in [5, 5.41) is 3.15. The third kappa shape index (κ3) is 6.60. The van der Waals surface area contributed by atoms with E-state index in [0.717, 1.165) is 31.1 Å². The smallest absolute Gasteiger partial charge is 0.188 e. The normalized spacial score (nSPS) is 16.4. The molecule has 1 aliphatic rings. The van der Waals surface area contributed by atoms with Crippen LogP contribution in [0.2, 0.25) is 0 Å². The highest BCUT2D eigenvalue weighted by molar-refractivity contribution is 14.0. The minimum atomic E-state index is 0. The second-order valence-corrected chi connectivity index (χ2v) is 5.59. The van der Waals surface area contributed by atoms with Gasteiger partial charge in [-0.1, -0.05) is 6.07 Å². The van der Waals surface area contributed by atoms with Crippen LogP contribution in [0.25, 0.3) is 0 Å². The molecule has 6 heteroatoms. The molecular formula is C15H26IN5. The second-order valence-electron chi connectivity index (χ2n) is 5.59. The van der Waals surface area contributed by atoms with Crippen LogP contribution in [-0.2, 0) is 6.42 Å². The van der Waals surface area contributed by atoms with Crippen molar-refractivity contribution in [1.82, 2.24) is 15.2 Å². The number of hydrogen-bond acceptors (Lipinski definition) is 3. The molecule has 0 bridgehead atoms. The van der Waals surface area contributed by atoms with Crippen LogP contribution in [0.15, 0.2) is 29.4 Å². The summed E-state index contributed by atoms with van der Waals surface area (Å²) in [6.07, 6.45) is 5.32. The number of aromatic nitrogens is 1. The van der Waals surface area contributed by atoms with Gasteiger partial charge in [0.25, 0.3) is 0 Å². The van der Waals surface area contributed by atoms with Crippen LogP contribution in [0.5, 0.6) is 0 Å². The van der Waals surface area contributed by atoms with Crippen LogP contribution in [0, 0.1) is 5.92 Å². The largest absolute Gasteiger partial charge is 0.370 e. The van der Waals surface area contributed by atoms with Crippen molar-refractivity contribution in [1.29, 1.82) is 0 Å². The summed E-state index contributed by atoms with van der Waals surface area (Å²) in [7, 11) is 4.23. The Morgan fingerprint density at radius 2 is 2.24 bits per heavy atom. The lowest BCUT2D eigenvalue weighted by atomic mass is 10.2. The van der Waals surface area contributed by atoms with Gasteiger partial charge in [0.1, 0.15) is 0 Å². The lowest BCUT2D eigenvalue weighted by Gasteiger charge is -2.22. The molecular weight excluding hydrogens is 377 g/mol. The first-order valence-electron chi connectivity index (χ1n) is 7.27. The van der Waals surface area contributed by atoms with Gasteiger partial charge in [0.15, 0.2) is 5.96 Å². The van der Waals surface area contributed by atoms with E-state index in [9.17, 15) is 0 Å². The van der Waals surface area contributed by atoms with Crippen LogP contribution >= 0.6 is 24.0 Å². The Morgan fingerprint density at radius 1 is 1.48 bits per heavy atom. The highest BCUT2D eigenvalue weighted by Gasteiger charge is 2.32. The van der Waals surface area contributed by atoms with Gasteiger partial charge < -0.3 is 16.0 Å². The zero-order valence-electron chi connectivity index (χ0n) is 12.8. The molecule has 0 spiro atoms. The summed E-state index contributed by atoms with van der Waals surface area (Å²) in [4.78, 5) is 11.0. The van der Waals surface area contributed by atoms with Crippen molar-refractivity contribution in [2.24, 2.45) is 16.6 Å². The highest BCUT2D eigenvalue weighted by Crippen LogP contribution is 2.34. The second kappa shape index (κ2) is 9.19. The van der Waals surface area contributed by atoms with Gasteiger partial charge in [-0.15, -0.1) is 24.0 Å². The monoisotopic (exact) mass is 403 g/mol. The number of pyridine rings is 1. The Morgan fingerprint density at radius 3 is 2.81 bits per heavy atom. The molecule has 1 saturated carbocycles. The first-order chi connectivity index (χ1) is 9.66. The van der Waals surface area contributed by atoms with E-state index in [1.807, 2.05) is 24.4 Å². The third-order valence-corrected chi connectivity index (χ3v) is 3.69. The molecule has 0 amide bonds. The van der Waals surface area contributed by atoms with Crippen molar-refractivity contribution in [2.45, 2.75) is 25.3 Å². The number of nitrogens with one attached hydrogen (secondary N) is 1. The predicted molar refractivity (Wildman–Crippen MR) is 98.0 cm³/mol. The summed E-state index contributed by atoms with van der Waals surface area (Å²) in [5.74, 6) is 1.34. The van der Waals surface area contributed by atoms with E-state index in [2.05, 4.69) is 34.3 Å². The number of rotatable bonds is 7. The summed E-state index contributed by atoms with van der Waals surface area (Å²) in [5.41, 5.74) is 6.97. The fraction of sp³-hybridized carbons (Fsp3) is 0.600. The van der Waals surface area contributed by atoms with E-state index in [1.54, 1.807) is 0 Å². The van der Waals surface area contributed by atoms with Crippen molar-refractivity contribution < 1.29 is 0 Å². The van der Waals surface area contributed by atoms with Gasteiger partial charge in [-0.25, -0.2) is 0 Å². The van der Waals surface area contributed by atoms with Gasteiger partial charge in [-0.2, -0.15) is 0 Å². The molecule has 1 atom stereocenters. The van der Waals surface area contributed by atoms with Gasteiger partial charge >= 0.3 is 0 Å². The van der Waals surface area contributed by atoms with E-state index < -0.39 is 0 Å². The average Bonchev–Trinajstić information content (AvgIpc) is 3.24. The van der Waals surface area contributed by atoms with E-state index in [0.29, 0.717) is 12.0 Å². The Kier molecular flexibility index (Phi) is 7.95. The maximum absolute atomic E-state index is 5.91. The van der Waals surface area contributed by atoms with Gasteiger partial charge in [0.2, 0.25) is 0 Å². The van der Waals surface area contributed by atoms with E-state index in [1.165, 1.54) is 12.8 Å². The lowest BCUT2D eigenvalue weighted by molar-refractivity contribution is 0.271. The van der Waals surface area contributed by atoms with Crippen LogP contribution in [0.3, 0.4) is 0 Å². The van der Waals surface area contributed by atoms with Gasteiger partial charge in [0.05, 0.1) is 6.54 Å². The van der Waals surface area contributed by atoms with Crippen molar-refractivity contribution in [3.63, 3.8) is 0 Å². The quantitative estimate of drug-likeness (QED) is 0.411. The van der Waals surface area contributed by atoms with Gasteiger partial charge in [-0.3, -0.25) is 9.98 Å². The Labute approximate surface area is 144 Å². The average molecular weight is 403 g/mol. The summed E-state index contributed by atoms with van der Waals surface area (Å²) in [6.45, 7) is 1.54. The van der Waals surface area contributed by atoms with Gasteiger partial charge in [0, 0.05) is 30.9 Å². The molecule has 1 aromatic heterocycles. The summed E-state index contributed by atoms with van der Waals surface area (Å²) in [6, 6.07) is 6.46. The molecule has 1 aromatic rings. The minimum absolute atomic E-state index is 0. The molecule has 0 saturated heterocycles. The number of guanidine groups is 1. The molecule has 0 aromatic carbocycles. The highest BCUT2D eigenvalue weighted by atomic mass is 127. The number of likely N-dealkylation sites (N-methyl/N-ethyl adjacent to an activating group) is 1. The van der Waals surface area contributed by atoms with Crippen LogP contribution in [0.1, 0.15) is 18.5 Å². The molecule has 0 radical (unpaired) electrons. The SMILES string of the molecule is CN(C)C(CN=C(N)NCCc1ccccn1)C1CC1.I. The fourth-order valence-electron chi connectivity index (χ4n) is 2.33. The van der Waals surface area contributed by atoms with Crippen LogP contribution < -0.4 is 11.1 Å². The summed E-state index contributed by atoms with van der Waals surface area (Å²) < 4.78 is 0. The molecule has 1 unspecified atom stereocenters. The van der Waals surface area contributed by atoms with Crippen LogP contribution in [-0.4, -0.2) is 49.1 Å². The number of nitrogens with zero attached hydrogens (tertiary/aromatic N) is 3. The topological polar surface area (TPSA) is 66.5 Å². The summed E-state index contributed by atoms with van der Waals surface area (Å²) >= 11 is 0. The molecule has 1 fully saturated rings. The minimum Gasteiger partial charge on any atom is -0.370 e. The van der Waals surface area contributed by atoms with Crippen LogP contribution in [0.4, 0.5) is 0 Å². The first kappa shape index (κ1) is 18.2. The number of hydrogen-bond donors (Lipinski definition) is 2. The predicted octanol–water partition coefficient (Wildman–Crippen LogP) is 1.49. The number of nitrogens with two attached hydrogens (primary N) is 1. The Bertz CT molecular complexity index is 429. The van der Waals surface area contributed by atoms with E-state index in [-0.39, 0.29) is 24.0 Å². The zero-order valence-corrected chi connectivity index (χ0v) is 15.2. The number of aliphatic imine (C=N–C) groups is 1. The Balaban J connectivity index is 0.00000220. The van der Waals surface area contributed by atoms with Crippen molar-refractivity contribution in [2.75, 3.05) is 27.2 Å².